The minimum Gasteiger partial charge on any atom is -0.497 e. The molecule has 1 N–H and O–H groups in total. The van der Waals surface area contributed by atoms with Gasteiger partial charge in [0.1, 0.15) is 5.75 Å². The SMILES string of the molecule is CNC(=O)C1(Cc2ccccc2-c2ccncc2)CCN(C(=O)Cc2ccc(OC)cc2)C1. The zero-order valence-electron chi connectivity index (χ0n) is 19.1. The largest absolute Gasteiger partial charge is 0.497 e. The van der Waals surface area contributed by atoms with Gasteiger partial charge in [-0.15, -0.1) is 0 Å². The van der Waals surface area contributed by atoms with Crippen molar-refractivity contribution in [3.8, 4) is 16.9 Å². The Kier molecular flexibility index (Phi) is 6.73. The first-order valence-electron chi connectivity index (χ1n) is 11.2. The lowest BCUT2D eigenvalue weighted by Crippen LogP contribution is -2.44. The molecule has 1 saturated heterocycles. The Bertz CT molecular complexity index is 1110. The molecule has 3 aromatic rings. The second-order valence-corrected chi connectivity index (χ2v) is 8.52. The minimum absolute atomic E-state index is 0.0215. The highest BCUT2D eigenvalue weighted by molar-refractivity contribution is 5.86. The molecule has 2 amide bonds. The van der Waals surface area contributed by atoms with Gasteiger partial charge in [-0.2, -0.15) is 0 Å². The van der Waals surface area contributed by atoms with Crippen LogP contribution in [0.4, 0.5) is 0 Å². The lowest BCUT2D eigenvalue weighted by atomic mass is 9.78. The monoisotopic (exact) mass is 443 g/mol. The molecule has 170 valence electrons. The molecule has 0 spiro atoms. The maximum Gasteiger partial charge on any atom is 0.228 e. The molecule has 6 nitrogen and oxygen atoms in total. The van der Waals surface area contributed by atoms with E-state index in [4.69, 9.17) is 4.74 Å². The summed E-state index contributed by atoms with van der Waals surface area (Å²) in [6.07, 6.45) is 5.05. The molecule has 1 fully saturated rings. The van der Waals surface area contributed by atoms with Crippen molar-refractivity contribution in [2.24, 2.45) is 5.41 Å². The maximum absolute atomic E-state index is 13.1. The van der Waals surface area contributed by atoms with Gasteiger partial charge >= 0.3 is 0 Å². The average molecular weight is 444 g/mol. The summed E-state index contributed by atoms with van der Waals surface area (Å²) >= 11 is 0. The number of pyridine rings is 1. The first-order valence-corrected chi connectivity index (χ1v) is 11.2. The maximum atomic E-state index is 13.1. The van der Waals surface area contributed by atoms with E-state index in [9.17, 15) is 9.59 Å². The van der Waals surface area contributed by atoms with Gasteiger partial charge in [-0.05, 0) is 59.4 Å². The van der Waals surface area contributed by atoms with Crippen LogP contribution in [0.15, 0.2) is 73.1 Å². The second-order valence-electron chi connectivity index (χ2n) is 8.52. The van der Waals surface area contributed by atoms with E-state index in [1.54, 1.807) is 26.6 Å². The number of nitrogens with zero attached hydrogens (tertiary/aromatic N) is 2. The average Bonchev–Trinajstić information content (AvgIpc) is 3.30. The van der Waals surface area contributed by atoms with Crippen LogP contribution in [0.1, 0.15) is 17.5 Å². The lowest BCUT2D eigenvalue weighted by molar-refractivity contribution is -0.132. The number of amides is 2. The van der Waals surface area contributed by atoms with E-state index < -0.39 is 5.41 Å². The Balaban J connectivity index is 1.55. The van der Waals surface area contributed by atoms with Crippen LogP contribution in [-0.2, 0) is 22.4 Å². The molecular weight excluding hydrogens is 414 g/mol. The first kappa shape index (κ1) is 22.5. The Hall–Kier alpha value is -3.67. The molecule has 33 heavy (non-hydrogen) atoms. The van der Waals surface area contributed by atoms with Gasteiger partial charge in [0.25, 0.3) is 0 Å². The number of aromatic nitrogens is 1. The van der Waals surface area contributed by atoms with Crippen molar-refractivity contribution < 1.29 is 14.3 Å². The van der Waals surface area contributed by atoms with E-state index in [1.807, 2.05) is 53.4 Å². The molecule has 0 saturated carbocycles. The predicted octanol–water partition coefficient (Wildman–Crippen LogP) is 3.51. The second kappa shape index (κ2) is 9.86. The van der Waals surface area contributed by atoms with Gasteiger partial charge in [0.2, 0.25) is 11.8 Å². The van der Waals surface area contributed by atoms with E-state index in [0.717, 1.165) is 28.0 Å². The van der Waals surface area contributed by atoms with Crippen molar-refractivity contribution in [3.63, 3.8) is 0 Å². The number of hydrogen-bond acceptors (Lipinski definition) is 4. The van der Waals surface area contributed by atoms with Crippen molar-refractivity contribution in [1.82, 2.24) is 15.2 Å². The Morgan fingerprint density at radius 3 is 2.48 bits per heavy atom. The number of carbonyl (C=O) groups is 2. The molecule has 0 bridgehead atoms. The third-order valence-electron chi connectivity index (χ3n) is 6.47. The molecule has 0 aliphatic carbocycles. The van der Waals surface area contributed by atoms with E-state index in [2.05, 4.69) is 22.4 Å². The first-order chi connectivity index (χ1) is 16.0. The lowest BCUT2D eigenvalue weighted by Gasteiger charge is -2.28. The summed E-state index contributed by atoms with van der Waals surface area (Å²) in [5, 5.41) is 2.85. The number of likely N-dealkylation sites (tertiary alicyclic amines) is 1. The van der Waals surface area contributed by atoms with Gasteiger partial charge in [-0.3, -0.25) is 14.6 Å². The van der Waals surface area contributed by atoms with Gasteiger partial charge in [0, 0.05) is 32.5 Å². The molecule has 2 aromatic carbocycles. The third-order valence-corrected chi connectivity index (χ3v) is 6.47. The minimum atomic E-state index is -0.659. The zero-order chi connectivity index (χ0) is 23.3. The van der Waals surface area contributed by atoms with Crippen LogP contribution in [0.3, 0.4) is 0 Å². The fourth-order valence-electron chi connectivity index (χ4n) is 4.64. The number of rotatable bonds is 7. The van der Waals surface area contributed by atoms with Crippen LogP contribution in [0.2, 0.25) is 0 Å². The van der Waals surface area contributed by atoms with Gasteiger partial charge < -0.3 is 15.0 Å². The van der Waals surface area contributed by atoms with E-state index >= 15 is 0 Å². The molecule has 1 unspecified atom stereocenters. The number of hydrogen-bond donors (Lipinski definition) is 1. The van der Waals surface area contributed by atoms with Gasteiger partial charge in [0.15, 0.2) is 0 Å². The molecule has 1 aromatic heterocycles. The summed E-state index contributed by atoms with van der Waals surface area (Å²) in [5.41, 5.74) is 3.52. The predicted molar refractivity (Wildman–Crippen MR) is 128 cm³/mol. The van der Waals surface area contributed by atoms with E-state index in [1.165, 1.54) is 0 Å². The molecule has 6 heteroatoms. The van der Waals surface area contributed by atoms with Crippen molar-refractivity contribution in [2.45, 2.75) is 19.3 Å². The molecule has 1 aliphatic rings. The number of carbonyl (C=O) groups excluding carboxylic acids is 2. The van der Waals surface area contributed by atoms with Gasteiger partial charge in [0.05, 0.1) is 18.9 Å². The highest BCUT2D eigenvalue weighted by Gasteiger charge is 2.45. The topological polar surface area (TPSA) is 71.5 Å². The highest BCUT2D eigenvalue weighted by atomic mass is 16.5. The van der Waals surface area contributed by atoms with Crippen molar-refractivity contribution >= 4 is 11.8 Å². The van der Waals surface area contributed by atoms with Crippen LogP contribution < -0.4 is 10.1 Å². The zero-order valence-corrected chi connectivity index (χ0v) is 19.1. The molecule has 4 rings (SSSR count). The normalized spacial score (nSPS) is 17.6. The van der Waals surface area contributed by atoms with Crippen LogP contribution in [0.25, 0.3) is 11.1 Å². The number of nitrogens with one attached hydrogen (secondary N) is 1. The smallest absolute Gasteiger partial charge is 0.228 e. The van der Waals surface area contributed by atoms with Crippen LogP contribution >= 0.6 is 0 Å². The Labute approximate surface area is 194 Å². The van der Waals surface area contributed by atoms with Gasteiger partial charge in [-0.25, -0.2) is 0 Å². The highest BCUT2D eigenvalue weighted by Crippen LogP contribution is 2.37. The summed E-state index contributed by atoms with van der Waals surface area (Å²) < 4.78 is 5.19. The number of benzene rings is 2. The van der Waals surface area contributed by atoms with E-state index in [-0.39, 0.29) is 11.8 Å². The van der Waals surface area contributed by atoms with Crippen molar-refractivity contribution in [1.29, 1.82) is 0 Å². The molecule has 1 atom stereocenters. The summed E-state index contributed by atoms with van der Waals surface area (Å²) in [6, 6.07) is 19.6. The summed E-state index contributed by atoms with van der Waals surface area (Å²) in [7, 11) is 3.29. The van der Waals surface area contributed by atoms with Crippen LogP contribution in [0.5, 0.6) is 5.75 Å². The Morgan fingerprint density at radius 1 is 1.06 bits per heavy atom. The van der Waals surface area contributed by atoms with Crippen molar-refractivity contribution in [2.75, 3.05) is 27.2 Å². The van der Waals surface area contributed by atoms with Crippen LogP contribution in [-0.4, -0.2) is 48.9 Å². The van der Waals surface area contributed by atoms with Gasteiger partial charge in [-0.1, -0.05) is 36.4 Å². The number of methoxy groups -OCH3 is 1. The third kappa shape index (κ3) is 4.90. The molecule has 0 radical (unpaired) electrons. The molecule has 1 aliphatic heterocycles. The fraction of sp³-hybridized carbons (Fsp3) is 0.296. The van der Waals surface area contributed by atoms with Crippen LogP contribution in [0, 0.1) is 5.41 Å². The quantitative estimate of drug-likeness (QED) is 0.607. The molecule has 2 heterocycles. The Morgan fingerprint density at radius 2 is 1.79 bits per heavy atom. The molecular formula is C27H29N3O3. The number of ether oxygens (including phenoxy) is 1. The standard InChI is InChI=1S/C27H29N3O3/c1-28-26(32)27(18-22-5-3-4-6-24(22)21-11-14-29-15-12-21)13-16-30(19-27)25(31)17-20-7-9-23(33-2)10-8-20/h3-12,14-15H,13,16-19H2,1-2H3,(H,28,32). The summed E-state index contributed by atoms with van der Waals surface area (Å²) in [6.45, 7) is 0.978. The summed E-state index contributed by atoms with van der Waals surface area (Å²) in [4.78, 5) is 32.1. The summed E-state index contributed by atoms with van der Waals surface area (Å²) in [5.74, 6) is 0.777. The van der Waals surface area contributed by atoms with E-state index in [0.29, 0.717) is 32.4 Å². The van der Waals surface area contributed by atoms with Crippen molar-refractivity contribution in [3.05, 3.63) is 84.2 Å². The fourth-order valence-corrected chi connectivity index (χ4v) is 4.64.